The summed E-state index contributed by atoms with van der Waals surface area (Å²) in [5.74, 6) is 0. The molecular formula is C12H19NO. The molecule has 0 aliphatic heterocycles. The van der Waals surface area contributed by atoms with Gasteiger partial charge in [-0.05, 0) is 37.5 Å². The van der Waals surface area contributed by atoms with Gasteiger partial charge in [-0.25, -0.2) is 0 Å². The number of hydrogen-bond donors (Lipinski definition) is 1. The van der Waals surface area contributed by atoms with Crippen molar-refractivity contribution in [2.75, 3.05) is 12.3 Å². The van der Waals surface area contributed by atoms with Crippen LogP contribution in [0.3, 0.4) is 0 Å². The highest BCUT2D eigenvalue weighted by atomic mass is 16.5. The number of hydrogen-bond acceptors (Lipinski definition) is 2. The first-order valence-corrected chi connectivity index (χ1v) is 5.12. The minimum Gasteiger partial charge on any atom is -0.399 e. The monoisotopic (exact) mass is 193 g/mol. The van der Waals surface area contributed by atoms with E-state index in [1.165, 1.54) is 0 Å². The highest BCUT2D eigenvalue weighted by Gasteiger charge is 2.05. The van der Waals surface area contributed by atoms with E-state index in [0.29, 0.717) is 0 Å². The molecule has 1 aromatic rings. The molecule has 0 aromatic heterocycles. The first-order valence-electron chi connectivity index (χ1n) is 5.12. The third-order valence-electron chi connectivity index (χ3n) is 2.34. The van der Waals surface area contributed by atoms with Crippen LogP contribution in [0.15, 0.2) is 18.2 Å². The van der Waals surface area contributed by atoms with Crippen molar-refractivity contribution in [2.45, 2.75) is 33.3 Å². The summed E-state index contributed by atoms with van der Waals surface area (Å²) < 4.78 is 5.62. The van der Waals surface area contributed by atoms with E-state index in [0.717, 1.165) is 29.8 Å². The van der Waals surface area contributed by atoms with E-state index >= 15 is 0 Å². The molecule has 0 aliphatic rings. The largest absolute Gasteiger partial charge is 0.399 e. The molecule has 1 unspecified atom stereocenters. The summed E-state index contributed by atoms with van der Waals surface area (Å²) in [6.07, 6.45) is 1.18. The van der Waals surface area contributed by atoms with E-state index in [1.807, 2.05) is 19.1 Å². The fraction of sp³-hybridized carbons (Fsp3) is 0.500. The molecule has 2 nitrogen and oxygen atoms in total. The van der Waals surface area contributed by atoms with Gasteiger partial charge in [0.15, 0.2) is 0 Å². The summed E-state index contributed by atoms with van der Waals surface area (Å²) in [4.78, 5) is 0. The Bertz CT molecular complexity index is 296. The molecule has 0 fully saturated rings. The number of anilines is 1. The molecule has 14 heavy (non-hydrogen) atoms. The Morgan fingerprint density at radius 1 is 1.43 bits per heavy atom. The lowest BCUT2D eigenvalue weighted by atomic mass is 10.1. The highest BCUT2D eigenvalue weighted by Crippen LogP contribution is 2.21. The minimum atomic E-state index is 0.137. The van der Waals surface area contributed by atoms with Gasteiger partial charge >= 0.3 is 0 Å². The van der Waals surface area contributed by atoms with Crippen LogP contribution in [0.25, 0.3) is 0 Å². The predicted octanol–water partition coefficient (Wildman–Crippen LogP) is 3.06. The summed E-state index contributed by atoms with van der Waals surface area (Å²) >= 11 is 0. The molecule has 1 atom stereocenters. The molecule has 2 N–H and O–H groups in total. The molecular weight excluding hydrogens is 174 g/mol. The second kappa shape index (κ2) is 5.01. The molecule has 0 aliphatic carbocycles. The van der Waals surface area contributed by atoms with Gasteiger partial charge < -0.3 is 10.5 Å². The lowest BCUT2D eigenvalue weighted by Crippen LogP contribution is -2.02. The average molecular weight is 193 g/mol. The highest BCUT2D eigenvalue weighted by molar-refractivity contribution is 5.48. The van der Waals surface area contributed by atoms with Crippen LogP contribution in [0.2, 0.25) is 0 Å². The van der Waals surface area contributed by atoms with Gasteiger partial charge in [0.05, 0.1) is 6.10 Å². The maximum Gasteiger partial charge on any atom is 0.0797 e. The molecule has 0 bridgehead atoms. The standard InChI is InChI=1S/C12H19NO/c1-4-7-14-10(3)11-6-5-9(2)12(13)8-11/h5-6,8,10H,4,7,13H2,1-3H3. The zero-order valence-corrected chi connectivity index (χ0v) is 9.21. The predicted molar refractivity (Wildman–Crippen MR) is 60.2 cm³/mol. The van der Waals surface area contributed by atoms with Crippen molar-refractivity contribution in [2.24, 2.45) is 0 Å². The molecule has 2 heteroatoms. The number of rotatable bonds is 4. The maximum atomic E-state index is 5.83. The number of nitrogens with two attached hydrogens (primary N) is 1. The number of nitrogen functional groups attached to an aromatic ring is 1. The smallest absolute Gasteiger partial charge is 0.0797 e. The summed E-state index contributed by atoms with van der Waals surface area (Å²) in [5, 5.41) is 0. The Balaban J connectivity index is 2.70. The van der Waals surface area contributed by atoms with Gasteiger partial charge in [0, 0.05) is 12.3 Å². The van der Waals surface area contributed by atoms with Crippen molar-refractivity contribution in [3.63, 3.8) is 0 Å². The molecule has 0 saturated heterocycles. The third-order valence-corrected chi connectivity index (χ3v) is 2.34. The number of aryl methyl sites for hydroxylation is 1. The molecule has 1 aromatic carbocycles. The van der Waals surface area contributed by atoms with Crippen molar-refractivity contribution in [1.82, 2.24) is 0 Å². The van der Waals surface area contributed by atoms with E-state index < -0.39 is 0 Å². The first kappa shape index (κ1) is 11.1. The molecule has 0 radical (unpaired) electrons. The Kier molecular flexibility index (Phi) is 3.96. The van der Waals surface area contributed by atoms with Crippen molar-refractivity contribution in [3.05, 3.63) is 29.3 Å². The van der Waals surface area contributed by atoms with E-state index in [1.54, 1.807) is 0 Å². The van der Waals surface area contributed by atoms with Crippen molar-refractivity contribution in [1.29, 1.82) is 0 Å². The zero-order chi connectivity index (χ0) is 10.6. The minimum absolute atomic E-state index is 0.137. The molecule has 0 heterocycles. The van der Waals surface area contributed by atoms with Crippen LogP contribution in [0, 0.1) is 6.92 Å². The molecule has 0 amide bonds. The van der Waals surface area contributed by atoms with Crippen LogP contribution in [0.1, 0.15) is 37.5 Å². The fourth-order valence-electron chi connectivity index (χ4n) is 1.30. The van der Waals surface area contributed by atoms with E-state index in [2.05, 4.69) is 19.9 Å². The Labute approximate surface area is 86.1 Å². The summed E-state index contributed by atoms with van der Waals surface area (Å²) in [7, 11) is 0. The van der Waals surface area contributed by atoms with Crippen molar-refractivity contribution >= 4 is 5.69 Å². The van der Waals surface area contributed by atoms with E-state index in [-0.39, 0.29) is 6.10 Å². The quantitative estimate of drug-likeness (QED) is 0.746. The SMILES string of the molecule is CCCOC(C)c1ccc(C)c(N)c1. The average Bonchev–Trinajstić information content (AvgIpc) is 2.18. The van der Waals surface area contributed by atoms with Gasteiger partial charge in [-0.15, -0.1) is 0 Å². The first-order chi connectivity index (χ1) is 6.65. The van der Waals surface area contributed by atoms with Crippen molar-refractivity contribution < 1.29 is 4.74 Å². The zero-order valence-electron chi connectivity index (χ0n) is 9.21. The Morgan fingerprint density at radius 2 is 2.14 bits per heavy atom. The van der Waals surface area contributed by atoms with Gasteiger partial charge in [0.1, 0.15) is 0 Å². The lowest BCUT2D eigenvalue weighted by molar-refractivity contribution is 0.0663. The molecule has 1 rings (SSSR count). The van der Waals surface area contributed by atoms with Crippen LogP contribution in [0.5, 0.6) is 0 Å². The number of benzene rings is 1. The lowest BCUT2D eigenvalue weighted by Gasteiger charge is -2.14. The van der Waals surface area contributed by atoms with E-state index in [4.69, 9.17) is 10.5 Å². The molecule has 78 valence electrons. The van der Waals surface area contributed by atoms with Gasteiger partial charge in [-0.2, -0.15) is 0 Å². The van der Waals surface area contributed by atoms with Gasteiger partial charge in [0.25, 0.3) is 0 Å². The third kappa shape index (κ3) is 2.74. The second-order valence-corrected chi connectivity index (χ2v) is 3.63. The van der Waals surface area contributed by atoms with Gasteiger partial charge in [0.2, 0.25) is 0 Å². The maximum absolute atomic E-state index is 5.83. The van der Waals surface area contributed by atoms with Gasteiger partial charge in [-0.3, -0.25) is 0 Å². The second-order valence-electron chi connectivity index (χ2n) is 3.63. The van der Waals surface area contributed by atoms with Crippen LogP contribution in [-0.2, 0) is 4.74 Å². The summed E-state index contributed by atoms with van der Waals surface area (Å²) in [6, 6.07) is 6.11. The topological polar surface area (TPSA) is 35.2 Å². The molecule has 0 spiro atoms. The van der Waals surface area contributed by atoms with Crippen molar-refractivity contribution in [3.8, 4) is 0 Å². The summed E-state index contributed by atoms with van der Waals surface area (Å²) in [6.45, 7) is 6.97. The number of ether oxygens (including phenoxy) is 1. The Hall–Kier alpha value is -1.02. The van der Waals surface area contributed by atoms with Crippen LogP contribution >= 0.6 is 0 Å². The summed E-state index contributed by atoms with van der Waals surface area (Å²) in [5.41, 5.74) is 8.95. The molecule has 0 saturated carbocycles. The normalized spacial score (nSPS) is 12.8. The van der Waals surface area contributed by atoms with Gasteiger partial charge in [-0.1, -0.05) is 19.1 Å². The fourth-order valence-corrected chi connectivity index (χ4v) is 1.30. The van der Waals surface area contributed by atoms with Crippen LogP contribution < -0.4 is 5.73 Å². The van der Waals surface area contributed by atoms with Crippen LogP contribution in [0.4, 0.5) is 5.69 Å². The van der Waals surface area contributed by atoms with E-state index in [9.17, 15) is 0 Å². The Morgan fingerprint density at radius 3 is 2.71 bits per heavy atom. The van der Waals surface area contributed by atoms with Crippen LogP contribution in [-0.4, -0.2) is 6.61 Å².